The first kappa shape index (κ1) is 16.3. The molecule has 1 aliphatic rings. The van der Waals surface area contributed by atoms with Crippen molar-refractivity contribution in [1.29, 1.82) is 0 Å². The number of piperidine rings is 1. The van der Waals surface area contributed by atoms with E-state index in [-0.39, 0.29) is 0 Å². The Kier molecular flexibility index (Phi) is 4.94. The molecule has 0 spiro atoms. The van der Waals surface area contributed by atoms with Crippen LogP contribution in [0, 0.1) is 20.8 Å². The van der Waals surface area contributed by atoms with E-state index in [2.05, 4.69) is 0 Å². The zero-order valence-electron chi connectivity index (χ0n) is 13.4. The van der Waals surface area contributed by atoms with Crippen LogP contribution in [0.5, 0.6) is 5.75 Å². The molecule has 5 heteroatoms. The van der Waals surface area contributed by atoms with E-state index in [1.165, 1.54) is 0 Å². The average Bonchev–Trinajstić information content (AvgIpc) is 2.48. The first-order chi connectivity index (χ1) is 9.89. The second kappa shape index (κ2) is 6.36. The van der Waals surface area contributed by atoms with Crippen molar-refractivity contribution in [1.82, 2.24) is 4.31 Å². The van der Waals surface area contributed by atoms with Gasteiger partial charge >= 0.3 is 0 Å². The molecular formula is C16H25NO3S. The minimum atomic E-state index is -3.39. The molecule has 0 N–H and O–H groups in total. The molecular weight excluding hydrogens is 286 g/mol. The quantitative estimate of drug-likeness (QED) is 0.858. The van der Waals surface area contributed by atoms with E-state index >= 15 is 0 Å². The molecule has 118 valence electrons. The molecule has 0 radical (unpaired) electrons. The van der Waals surface area contributed by atoms with Crippen molar-refractivity contribution in [3.8, 4) is 5.75 Å². The summed E-state index contributed by atoms with van der Waals surface area (Å²) in [5.41, 5.74) is 2.61. The van der Waals surface area contributed by atoms with Gasteiger partial charge in [0.2, 0.25) is 10.0 Å². The van der Waals surface area contributed by atoms with Gasteiger partial charge in [-0.25, -0.2) is 8.42 Å². The summed E-state index contributed by atoms with van der Waals surface area (Å²) in [5, 5.41) is 0. The number of ether oxygens (including phenoxy) is 1. The van der Waals surface area contributed by atoms with E-state index in [9.17, 15) is 8.42 Å². The highest BCUT2D eigenvalue weighted by Gasteiger charge is 2.29. The third-order valence-electron chi connectivity index (χ3n) is 4.20. The van der Waals surface area contributed by atoms with Crippen molar-refractivity contribution in [2.45, 2.75) is 51.9 Å². The number of benzene rings is 1. The molecule has 0 bridgehead atoms. The van der Waals surface area contributed by atoms with Crippen molar-refractivity contribution in [3.05, 3.63) is 22.8 Å². The molecule has 0 aromatic heterocycles. The zero-order chi connectivity index (χ0) is 15.6. The number of nitrogens with zero attached hydrogens (tertiary/aromatic N) is 1. The van der Waals surface area contributed by atoms with Crippen LogP contribution < -0.4 is 4.74 Å². The third kappa shape index (κ3) is 3.09. The van der Waals surface area contributed by atoms with E-state index < -0.39 is 10.0 Å². The molecule has 1 aromatic carbocycles. The van der Waals surface area contributed by atoms with Crippen molar-refractivity contribution in [2.24, 2.45) is 0 Å². The summed E-state index contributed by atoms with van der Waals surface area (Å²) in [5.74, 6) is 0.813. The topological polar surface area (TPSA) is 46.6 Å². The number of sulfonamides is 1. The fraction of sp³-hybridized carbons (Fsp3) is 0.625. The summed E-state index contributed by atoms with van der Waals surface area (Å²) in [4.78, 5) is 0.433. The van der Waals surface area contributed by atoms with Crippen LogP contribution in [0.3, 0.4) is 0 Å². The molecule has 1 fully saturated rings. The Morgan fingerprint density at radius 2 is 1.71 bits per heavy atom. The Bertz CT molecular complexity index is 617. The van der Waals surface area contributed by atoms with Crippen LogP contribution in [0.15, 0.2) is 11.0 Å². The highest BCUT2D eigenvalue weighted by atomic mass is 32.2. The first-order valence-electron chi connectivity index (χ1n) is 7.63. The average molecular weight is 311 g/mol. The summed E-state index contributed by atoms with van der Waals surface area (Å²) in [6.45, 7) is 9.50. The van der Waals surface area contributed by atoms with Gasteiger partial charge in [0.25, 0.3) is 0 Å². The zero-order valence-corrected chi connectivity index (χ0v) is 14.2. The smallest absolute Gasteiger partial charge is 0.243 e. The fourth-order valence-electron chi connectivity index (χ4n) is 2.90. The lowest BCUT2D eigenvalue weighted by Gasteiger charge is -2.27. The summed E-state index contributed by atoms with van der Waals surface area (Å²) in [7, 11) is -3.39. The van der Waals surface area contributed by atoms with E-state index in [0.29, 0.717) is 24.6 Å². The lowest BCUT2D eigenvalue weighted by atomic mass is 10.1. The summed E-state index contributed by atoms with van der Waals surface area (Å²) in [6.07, 6.45) is 3.02. The minimum Gasteiger partial charge on any atom is -0.493 e. The molecule has 0 unspecified atom stereocenters. The van der Waals surface area contributed by atoms with Crippen LogP contribution in [0.2, 0.25) is 0 Å². The van der Waals surface area contributed by atoms with Gasteiger partial charge in [0, 0.05) is 13.1 Å². The van der Waals surface area contributed by atoms with Gasteiger partial charge in [-0.15, -0.1) is 0 Å². The maximum absolute atomic E-state index is 12.9. The highest BCUT2D eigenvalue weighted by molar-refractivity contribution is 7.89. The van der Waals surface area contributed by atoms with Crippen LogP contribution in [-0.4, -0.2) is 32.4 Å². The second-order valence-electron chi connectivity index (χ2n) is 5.67. The van der Waals surface area contributed by atoms with Gasteiger partial charge in [0.1, 0.15) is 5.75 Å². The third-order valence-corrected chi connectivity index (χ3v) is 6.22. The van der Waals surface area contributed by atoms with E-state index in [0.717, 1.165) is 41.7 Å². The van der Waals surface area contributed by atoms with Crippen LogP contribution in [0.25, 0.3) is 0 Å². The van der Waals surface area contributed by atoms with Gasteiger partial charge in [-0.1, -0.05) is 6.42 Å². The lowest BCUT2D eigenvalue weighted by molar-refractivity contribution is 0.334. The standard InChI is InChI=1S/C16H25NO3S/c1-5-20-16-12(2)11-15(13(3)14(16)4)21(18,19)17-9-7-6-8-10-17/h11H,5-10H2,1-4H3. The maximum Gasteiger partial charge on any atom is 0.243 e. The minimum absolute atomic E-state index is 0.433. The van der Waals surface area contributed by atoms with E-state index in [4.69, 9.17) is 4.74 Å². The van der Waals surface area contributed by atoms with Gasteiger partial charge in [-0.05, 0) is 63.3 Å². The molecule has 1 saturated heterocycles. The Morgan fingerprint density at radius 1 is 1.10 bits per heavy atom. The van der Waals surface area contributed by atoms with Gasteiger partial charge in [0.15, 0.2) is 0 Å². The largest absolute Gasteiger partial charge is 0.493 e. The van der Waals surface area contributed by atoms with Gasteiger partial charge < -0.3 is 4.74 Å². The molecule has 0 atom stereocenters. The van der Waals surface area contributed by atoms with E-state index in [1.807, 2.05) is 27.7 Å². The van der Waals surface area contributed by atoms with Gasteiger partial charge in [-0.3, -0.25) is 0 Å². The van der Waals surface area contributed by atoms with Gasteiger partial charge in [-0.2, -0.15) is 4.31 Å². The molecule has 1 aromatic rings. The predicted molar refractivity (Wildman–Crippen MR) is 84.4 cm³/mol. The van der Waals surface area contributed by atoms with Crippen LogP contribution >= 0.6 is 0 Å². The molecule has 21 heavy (non-hydrogen) atoms. The van der Waals surface area contributed by atoms with Gasteiger partial charge in [0.05, 0.1) is 11.5 Å². The van der Waals surface area contributed by atoms with Crippen molar-refractivity contribution < 1.29 is 13.2 Å². The highest BCUT2D eigenvalue weighted by Crippen LogP contribution is 2.33. The second-order valence-corrected chi connectivity index (χ2v) is 7.57. The molecule has 4 nitrogen and oxygen atoms in total. The Morgan fingerprint density at radius 3 is 2.29 bits per heavy atom. The molecule has 0 amide bonds. The molecule has 0 saturated carbocycles. The lowest BCUT2D eigenvalue weighted by Crippen LogP contribution is -2.36. The molecule has 1 heterocycles. The van der Waals surface area contributed by atoms with E-state index in [1.54, 1.807) is 10.4 Å². The summed E-state index contributed by atoms with van der Waals surface area (Å²) < 4.78 is 33.0. The first-order valence-corrected chi connectivity index (χ1v) is 9.07. The Balaban J connectivity index is 2.48. The van der Waals surface area contributed by atoms with Crippen LogP contribution in [0.1, 0.15) is 42.9 Å². The summed E-state index contributed by atoms with van der Waals surface area (Å²) in [6, 6.07) is 1.76. The Hall–Kier alpha value is -1.07. The fourth-order valence-corrected chi connectivity index (χ4v) is 4.78. The van der Waals surface area contributed by atoms with Crippen LogP contribution in [0.4, 0.5) is 0 Å². The van der Waals surface area contributed by atoms with Crippen molar-refractivity contribution in [2.75, 3.05) is 19.7 Å². The number of aryl methyl sites for hydroxylation is 1. The summed E-state index contributed by atoms with van der Waals surface area (Å²) >= 11 is 0. The molecule has 1 aliphatic heterocycles. The molecule has 0 aliphatic carbocycles. The Labute approximate surface area is 128 Å². The number of hydrogen-bond acceptors (Lipinski definition) is 3. The monoisotopic (exact) mass is 311 g/mol. The normalized spacial score (nSPS) is 17.0. The van der Waals surface area contributed by atoms with Crippen molar-refractivity contribution >= 4 is 10.0 Å². The maximum atomic E-state index is 12.9. The predicted octanol–water partition coefficient (Wildman–Crippen LogP) is 3.19. The number of rotatable bonds is 4. The van der Waals surface area contributed by atoms with Crippen LogP contribution in [-0.2, 0) is 10.0 Å². The van der Waals surface area contributed by atoms with Crippen molar-refractivity contribution in [3.63, 3.8) is 0 Å². The molecule has 2 rings (SSSR count). The SMILES string of the molecule is CCOc1c(C)cc(S(=O)(=O)N2CCCCC2)c(C)c1C. The number of hydrogen-bond donors (Lipinski definition) is 0.